The lowest BCUT2D eigenvalue weighted by Gasteiger charge is -2.33. The third kappa shape index (κ3) is 5.91. The number of para-hydroxylation sites is 1. The minimum Gasteiger partial charge on any atom is -0.309 e. The zero-order valence-corrected chi connectivity index (χ0v) is 35.5. The normalized spacial score (nSPS) is 11.8. The second-order valence-electron chi connectivity index (χ2n) is 16.3. The summed E-state index contributed by atoms with van der Waals surface area (Å²) < 4.78 is 4.88. The van der Waals surface area contributed by atoms with Crippen LogP contribution in [0.15, 0.2) is 249 Å². The smallest absolute Gasteiger partial charge is 0.201 e. The molecule has 3 aromatic heterocycles. The summed E-state index contributed by atoms with van der Waals surface area (Å²) >= 11 is 0. The maximum atomic E-state index is 5.93. The Balaban J connectivity index is 1.23. The number of nitrogens with zero attached hydrogens (tertiary/aromatic N) is 3. The van der Waals surface area contributed by atoms with E-state index in [0.717, 1.165) is 38.9 Å². The second-order valence-corrected chi connectivity index (χ2v) is 20.0. The van der Waals surface area contributed by atoms with E-state index in [1.807, 2.05) is 0 Å². The summed E-state index contributed by atoms with van der Waals surface area (Å²) in [4.78, 5) is 5.93. The maximum absolute atomic E-state index is 5.93. The van der Waals surface area contributed by atoms with E-state index in [9.17, 15) is 0 Å². The Bertz CT molecular complexity index is 3490. The molecule has 296 valence electrons. The molecule has 0 saturated heterocycles. The molecule has 9 aromatic carbocycles. The summed E-state index contributed by atoms with van der Waals surface area (Å²) in [5.41, 5.74) is 10.5. The number of hydrogen-bond donors (Lipinski definition) is 0. The van der Waals surface area contributed by atoms with Gasteiger partial charge in [0.1, 0.15) is 5.82 Å². The van der Waals surface area contributed by atoms with Gasteiger partial charge in [-0.15, -0.1) is 0 Å². The summed E-state index contributed by atoms with van der Waals surface area (Å²) in [6.07, 6.45) is 0. The average Bonchev–Trinajstić information content (AvgIpc) is 3.88. The molecule has 12 aromatic rings. The number of fused-ring (bicyclic) bond motifs is 7. The van der Waals surface area contributed by atoms with Crippen molar-refractivity contribution in [1.82, 2.24) is 14.1 Å². The molecule has 4 heteroatoms. The molecule has 0 radical (unpaired) electrons. The minimum atomic E-state index is -2.94. The van der Waals surface area contributed by atoms with Crippen LogP contribution in [0, 0.1) is 0 Å². The molecule has 0 unspecified atom stereocenters. The highest BCUT2D eigenvalue weighted by molar-refractivity contribution is 7.19. The molecule has 63 heavy (non-hydrogen) atoms. The van der Waals surface area contributed by atoms with Gasteiger partial charge in [-0.1, -0.05) is 194 Å². The zero-order valence-electron chi connectivity index (χ0n) is 34.5. The Hall–Kier alpha value is -8.05. The molecule has 0 aliphatic rings. The van der Waals surface area contributed by atoms with Crippen molar-refractivity contribution in [3.05, 3.63) is 249 Å². The molecular formula is C59H41N3Si. The van der Waals surface area contributed by atoms with Crippen molar-refractivity contribution in [2.75, 3.05) is 0 Å². The summed E-state index contributed by atoms with van der Waals surface area (Å²) in [7, 11) is -2.94. The van der Waals surface area contributed by atoms with Crippen LogP contribution in [0.3, 0.4) is 0 Å². The highest BCUT2D eigenvalue weighted by atomic mass is 28.3. The van der Waals surface area contributed by atoms with Crippen LogP contribution in [-0.4, -0.2) is 22.2 Å². The Labute approximate surface area is 367 Å². The molecule has 0 N–H and O–H groups in total. The van der Waals surface area contributed by atoms with E-state index in [2.05, 4.69) is 258 Å². The first-order valence-electron chi connectivity index (χ1n) is 21.6. The van der Waals surface area contributed by atoms with E-state index < -0.39 is 8.07 Å². The van der Waals surface area contributed by atoms with Gasteiger partial charge in [0.25, 0.3) is 0 Å². The van der Waals surface area contributed by atoms with Crippen LogP contribution in [0.1, 0.15) is 0 Å². The molecule has 3 nitrogen and oxygen atoms in total. The van der Waals surface area contributed by atoms with Crippen molar-refractivity contribution in [1.29, 1.82) is 0 Å². The van der Waals surface area contributed by atoms with E-state index in [0.29, 0.717) is 0 Å². The minimum absolute atomic E-state index is 0.895. The van der Waals surface area contributed by atoms with Gasteiger partial charge in [0.05, 0.1) is 22.1 Å². The maximum Gasteiger partial charge on any atom is 0.201 e. The van der Waals surface area contributed by atoms with Gasteiger partial charge >= 0.3 is 0 Å². The van der Waals surface area contributed by atoms with Gasteiger partial charge in [0.2, 0.25) is 8.07 Å². The van der Waals surface area contributed by atoms with Crippen LogP contribution in [0.5, 0.6) is 0 Å². The predicted octanol–water partition coefficient (Wildman–Crippen LogP) is 12.0. The first-order chi connectivity index (χ1) is 31.3. The highest BCUT2D eigenvalue weighted by Gasteiger charge is 2.43. The van der Waals surface area contributed by atoms with Crippen molar-refractivity contribution in [3.63, 3.8) is 0 Å². The topological polar surface area (TPSA) is 22.8 Å². The van der Waals surface area contributed by atoms with Crippen molar-refractivity contribution < 1.29 is 0 Å². The van der Waals surface area contributed by atoms with E-state index in [-0.39, 0.29) is 0 Å². The number of pyridine rings is 1. The summed E-state index contributed by atoms with van der Waals surface area (Å²) in [5, 5.41) is 9.76. The van der Waals surface area contributed by atoms with Crippen LogP contribution in [-0.2, 0) is 0 Å². The van der Waals surface area contributed by atoms with Crippen molar-refractivity contribution in [2.24, 2.45) is 0 Å². The number of hydrogen-bond acceptors (Lipinski definition) is 1. The average molecular weight is 820 g/mol. The molecule has 0 amide bonds. The number of aromatic nitrogens is 3. The molecule has 0 fully saturated rings. The SMILES string of the molecule is c1ccc(-c2ccc3c(c2)c2c(ccc4c5cc(-c6ccccc6)ccc5n(-c5cccc([Si](c6ccccc6)(c6ccccc6)c6ccccc6)n5)c42)n3-c2ccccc2)cc1. The molecule has 0 bridgehead atoms. The fraction of sp³-hybridized carbons (Fsp3) is 0. The third-order valence-electron chi connectivity index (χ3n) is 12.9. The lowest BCUT2D eigenvalue weighted by molar-refractivity contribution is 1.10. The molecule has 12 rings (SSSR count). The molecule has 3 heterocycles. The first kappa shape index (κ1) is 36.8. The van der Waals surface area contributed by atoms with E-state index in [4.69, 9.17) is 4.98 Å². The largest absolute Gasteiger partial charge is 0.309 e. The number of rotatable bonds is 8. The van der Waals surface area contributed by atoms with Crippen LogP contribution in [0.4, 0.5) is 0 Å². The quantitative estimate of drug-likeness (QED) is 0.111. The lowest BCUT2D eigenvalue weighted by atomic mass is 10.0. The summed E-state index contributed by atoms with van der Waals surface area (Å²) in [5.74, 6) is 0.895. The number of benzene rings is 9. The van der Waals surface area contributed by atoms with Gasteiger partial charge in [-0.05, 0) is 92.4 Å². The molecule has 0 aliphatic heterocycles. The molecular weight excluding hydrogens is 779 g/mol. The van der Waals surface area contributed by atoms with Crippen LogP contribution in [0.25, 0.3) is 77.4 Å². The van der Waals surface area contributed by atoms with Crippen LogP contribution in [0.2, 0.25) is 0 Å². The Morgan fingerprint density at radius 3 is 1.32 bits per heavy atom. The van der Waals surface area contributed by atoms with E-state index in [1.54, 1.807) is 0 Å². The van der Waals surface area contributed by atoms with Crippen molar-refractivity contribution in [3.8, 4) is 33.8 Å². The predicted molar refractivity (Wildman–Crippen MR) is 267 cm³/mol. The Morgan fingerprint density at radius 1 is 0.317 bits per heavy atom. The van der Waals surface area contributed by atoms with E-state index in [1.165, 1.54) is 59.4 Å². The summed E-state index contributed by atoms with van der Waals surface area (Å²) in [6, 6.07) is 90.7. The fourth-order valence-corrected chi connectivity index (χ4v) is 14.7. The van der Waals surface area contributed by atoms with Crippen LogP contribution < -0.4 is 20.9 Å². The summed E-state index contributed by atoms with van der Waals surface area (Å²) in [6.45, 7) is 0. The van der Waals surface area contributed by atoms with Gasteiger partial charge in [-0.2, -0.15) is 0 Å². The van der Waals surface area contributed by atoms with E-state index >= 15 is 0 Å². The first-order valence-corrected chi connectivity index (χ1v) is 23.6. The molecule has 0 atom stereocenters. The second kappa shape index (κ2) is 15.1. The molecule has 0 saturated carbocycles. The van der Waals surface area contributed by atoms with Gasteiger partial charge in [-0.25, -0.2) is 4.98 Å². The van der Waals surface area contributed by atoms with Gasteiger partial charge in [0.15, 0.2) is 0 Å². The Kier molecular flexibility index (Phi) is 8.84. The van der Waals surface area contributed by atoms with Gasteiger partial charge < -0.3 is 4.57 Å². The standard InChI is InChI=1S/C59H41N3Si/c1-7-20-42(21-8-1)44-34-37-53-51(40-44)50-36-39-55-58(52-41-45(43-22-9-2-10-23-43)35-38-54(52)61(55)46-24-11-3-12-25-46)59(50)62(53)56-32-19-33-57(60-56)63(47-26-13-4-14-27-47,48-28-15-5-16-29-48)49-30-17-6-18-31-49/h1-41H. The zero-order chi connectivity index (χ0) is 41.7. The van der Waals surface area contributed by atoms with Gasteiger partial charge in [-0.3, -0.25) is 4.57 Å². The van der Waals surface area contributed by atoms with Crippen molar-refractivity contribution >= 4 is 72.6 Å². The van der Waals surface area contributed by atoms with Crippen LogP contribution >= 0.6 is 0 Å². The Morgan fingerprint density at radius 2 is 0.778 bits per heavy atom. The molecule has 0 spiro atoms. The van der Waals surface area contributed by atoms with Crippen molar-refractivity contribution in [2.45, 2.75) is 0 Å². The van der Waals surface area contributed by atoms with Gasteiger partial charge in [0, 0.05) is 32.5 Å². The monoisotopic (exact) mass is 819 g/mol. The fourth-order valence-electron chi connectivity index (χ4n) is 10.1. The highest BCUT2D eigenvalue weighted by Crippen LogP contribution is 2.43. The molecule has 0 aliphatic carbocycles. The third-order valence-corrected chi connectivity index (χ3v) is 17.5. The lowest BCUT2D eigenvalue weighted by Crippen LogP contribution is -2.75.